The van der Waals surface area contributed by atoms with Gasteiger partial charge in [-0.25, -0.2) is 0 Å². The number of para-hydroxylation sites is 1. The summed E-state index contributed by atoms with van der Waals surface area (Å²) in [6, 6.07) is 4.82. The van der Waals surface area contributed by atoms with E-state index >= 15 is 0 Å². The van der Waals surface area contributed by atoms with Gasteiger partial charge in [-0.05, 0) is 12.0 Å². The minimum Gasteiger partial charge on any atom is -0.320 e. The molecule has 1 aromatic carbocycles. The summed E-state index contributed by atoms with van der Waals surface area (Å²) >= 11 is 0. The van der Waals surface area contributed by atoms with Crippen LogP contribution in [0, 0.1) is 10.1 Å². The van der Waals surface area contributed by atoms with Gasteiger partial charge in [-0.15, -0.1) is 0 Å². The van der Waals surface area contributed by atoms with Crippen molar-refractivity contribution in [2.75, 3.05) is 5.32 Å². The van der Waals surface area contributed by atoms with E-state index in [0.29, 0.717) is 18.5 Å². The number of aryl methyl sites for hydroxylation is 1. The fourth-order valence-corrected chi connectivity index (χ4v) is 1.54. The van der Waals surface area contributed by atoms with Crippen molar-refractivity contribution in [1.29, 1.82) is 0 Å². The number of fused-ring (bicyclic) bond motifs is 1. The van der Waals surface area contributed by atoms with Crippen molar-refractivity contribution in [3.8, 4) is 0 Å². The van der Waals surface area contributed by atoms with Crippen LogP contribution in [0.3, 0.4) is 0 Å². The lowest BCUT2D eigenvalue weighted by atomic mass is 10.0. The third kappa shape index (κ3) is 1.32. The van der Waals surface area contributed by atoms with Crippen LogP contribution in [0.15, 0.2) is 18.2 Å². The molecule has 0 saturated carbocycles. The van der Waals surface area contributed by atoms with E-state index in [1.807, 2.05) is 0 Å². The van der Waals surface area contributed by atoms with E-state index in [1.165, 1.54) is 6.07 Å². The van der Waals surface area contributed by atoms with Crippen LogP contribution in [0.25, 0.3) is 0 Å². The average Bonchev–Trinajstić information content (AvgIpc) is 2.16. The van der Waals surface area contributed by atoms with Crippen molar-refractivity contribution in [2.24, 2.45) is 0 Å². The fourth-order valence-electron chi connectivity index (χ4n) is 1.54. The highest BCUT2D eigenvalue weighted by Crippen LogP contribution is 2.31. The first kappa shape index (κ1) is 8.68. The fraction of sp³-hybridized carbons (Fsp3) is 0.222. The molecule has 0 bridgehead atoms. The van der Waals surface area contributed by atoms with Crippen LogP contribution in [0.1, 0.15) is 12.0 Å². The van der Waals surface area contributed by atoms with Crippen molar-refractivity contribution >= 4 is 17.3 Å². The number of nitro benzene ring substituents is 1. The van der Waals surface area contributed by atoms with E-state index < -0.39 is 4.92 Å². The SMILES string of the molecule is O=C1CCc2cccc([N+](=O)[O-])c2N1. The maximum absolute atomic E-state index is 11.1. The third-order valence-electron chi connectivity index (χ3n) is 2.21. The Morgan fingerprint density at radius 1 is 1.36 bits per heavy atom. The van der Waals surface area contributed by atoms with Gasteiger partial charge in [-0.2, -0.15) is 0 Å². The molecule has 14 heavy (non-hydrogen) atoms. The molecule has 5 nitrogen and oxygen atoms in total. The number of hydrogen-bond acceptors (Lipinski definition) is 3. The quantitative estimate of drug-likeness (QED) is 0.541. The number of rotatable bonds is 1. The second-order valence-corrected chi connectivity index (χ2v) is 3.12. The molecule has 72 valence electrons. The maximum atomic E-state index is 11.1. The minimum atomic E-state index is -0.482. The van der Waals surface area contributed by atoms with Crippen molar-refractivity contribution in [1.82, 2.24) is 0 Å². The van der Waals surface area contributed by atoms with Gasteiger partial charge in [0.2, 0.25) is 5.91 Å². The van der Waals surface area contributed by atoms with E-state index in [0.717, 1.165) is 5.56 Å². The van der Waals surface area contributed by atoms with Crippen LogP contribution in [0.4, 0.5) is 11.4 Å². The van der Waals surface area contributed by atoms with E-state index in [4.69, 9.17) is 0 Å². The van der Waals surface area contributed by atoms with Crippen LogP contribution >= 0.6 is 0 Å². The normalized spacial score (nSPS) is 14.4. The third-order valence-corrected chi connectivity index (χ3v) is 2.21. The first-order valence-corrected chi connectivity index (χ1v) is 4.24. The lowest BCUT2D eigenvalue weighted by Crippen LogP contribution is -2.19. The van der Waals surface area contributed by atoms with Crippen LogP contribution in [-0.2, 0) is 11.2 Å². The number of benzene rings is 1. The van der Waals surface area contributed by atoms with Gasteiger partial charge in [0.15, 0.2) is 0 Å². The molecule has 0 unspecified atom stereocenters. The second-order valence-electron chi connectivity index (χ2n) is 3.12. The molecule has 1 amide bonds. The largest absolute Gasteiger partial charge is 0.320 e. The number of nitrogens with zero attached hydrogens (tertiary/aromatic N) is 1. The summed E-state index contributed by atoms with van der Waals surface area (Å²) in [5, 5.41) is 13.2. The molecule has 5 heteroatoms. The van der Waals surface area contributed by atoms with E-state index in [2.05, 4.69) is 5.32 Å². The summed E-state index contributed by atoms with van der Waals surface area (Å²) < 4.78 is 0. The molecule has 1 aliphatic rings. The first-order valence-electron chi connectivity index (χ1n) is 4.24. The maximum Gasteiger partial charge on any atom is 0.293 e. The predicted molar refractivity (Wildman–Crippen MR) is 50.0 cm³/mol. The van der Waals surface area contributed by atoms with E-state index in [-0.39, 0.29) is 11.6 Å². The molecule has 1 N–H and O–H groups in total. The van der Waals surface area contributed by atoms with Gasteiger partial charge in [-0.1, -0.05) is 12.1 Å². The van der Waals surface area contributed by atoms with Crippen LogP contribution in [0.2, 0.25) is 0 Å². The van der Waals surface area contributed by atoms with Gasteiger partial charge in [-0.3, -0.25) is 14.9 Å². The highest BCUT2D eigenvalue weighted by Gasteiger charge is 2.22. The highest BCUT2D eigenvalue weighted by atomic mass is 16.6. The van der Waals surface area contributed by atoms with Crippen LogP contribution < -0.4 is 5.32 Å². The van der Waals surface area contributed by atoms with E-state index in [9.17, 15) is 14.9 Å². The summed E-state index contributed by atoms with van der Waals surface area (Å²) in [5.41, 5.74) is 1.16. The predicted octanol–water partition coefficient (Wildman–Crippen LogP) is 1.48. The Labute approximate surface area is 79.9 Å². The average molecular weight is 192 g/mol. The smallest absolute Gasteiger partial charge is 0.293 e. The van der Waals surface area contributed by atoms with Gasteiger partial charge in [0.1, 0.15) is 5.69 Å². The number of hydrogen-bond donors (Lipinski definition) is 1. The van der Waals surface area contributed by atoms with Crippen molar-refractivity contribution < 1.29 is 9.72 Å². The highest BCUT2D eigenvalue weighted by molar-refractivity contribution is 5.96. The van der Waals surface area contributed by atoms with E-state index in [1.54, 1.807) is 12.1 Å². The van der Waals surface area contributed by atoms with Gasteiger partial charge < -0.3 is 5.32 Å². The number of nitrogens with one attached hydrogen (secondary N) is 1. The molecule has 0 aliphatic carbocycles. The molecule has 0 aromatic heterocycles. The molecule has 1 heterocycles. The van der Waals surface area contributed by atoms with Crippen molar-refractivity contribution in [3.05, 3.63) is 33.9 Å². The second kappa shape index (κ2) is 3.10. The molecule has 0 fully saturated rings. The molecule has 1 aliphatic heterocycles. The summed E-state index contributed by atoms with van der Waals surface area (Å²) in [6.45, 7) is 0. The Balaban J connectivity index is 2.54. The summed E-state index contributed by atoms with van der Waals surface area (Å²) in [6.07, 6.45) is 0.969. The van der Waals surface area contributed by atoms with Gasteiger partial charge in [0.05, 0.1) is 4.92 Å². The Morgan fingerprint density at radius 3 is 2.86 bits per heavy atom. The first-order chi connectivity index (χ1) is 6.68. The van der Waals surface area contributed by atoms with Crippen molar-refractivity contribution in [2.45, 2.75) is 12.8 Å². The lowest BCUT2D eigenvalue weighted by molar-refractivity contribution is -0.384. The summed E-state index contributed by atoms with van der Waals surface area (Å²) in [7, 11) is 0. The molecular weight excluding hydrogens is 184 g/mol. The molecule has 2 rings (SSSR count). The number of carbonyl (C=O) groups is 1. The van der Waals surface area contributed by atoms with Gasteiger partial charge >= 0.3 is 0 Å². The minimum absolute atomic E-state index is 0.0319. The number of amides is 1. The van der Waals surface area contributed by atoms with Crippen molar-refractivity contribution in [3.63, 3.8) is 0 Å². The zero-order chi connectivity index (χ0) is 10.1. The van der Waals surface area contributed by atoms with Crippen LogP contribution in [0.5, 0.6) is 0 Å². The Kier molecular flexibility index (Phi) is 1.92. The number of carbonyl (C=O) groups excluding carboxylic acids is 1. The van der Waals surface area contributed by atoms with Gasteiger partial charge in [0, 0.05) is 12.5 Å². The molecule has 0 saturated heterocycles. The zero-order valence-electron chi connectivity index (χ0n) is 7.32. The molecule has 1 aromatic rings. The summed E-state index contributed by atoms with van der Waals surface area (Å²) in [4.78, 5) is 21.2. The topological polar surface area (TPSA) is 72.2 Å². The molecule has 0 spiro atoms. The lowest BCUT2D eigenvalue weighted by Gasteiger charge is -2.15. The molecular formula is C9H8N2O3. The summed E-state index contributed by atoms with van der Waals surface area (Å²) in [5.74, 6) is -0.160. The zero-order valence-corrected chi connectivity index (χ0v) is 7.32. The van der Waals surface area contributed by atoms with Gasteiger partial charge in [0.25, 0.3) is 5.69 Å². The Hall–Kier alpha value is -1.91. The Bertz CT molecular complexity index is 415. The van der Waals surface area contributed by atoms with Crippen LogP contribution in [-0.4, -0.2) is 10.8 Å². The number of nitro groups is 1. The Morgan fingerprint density at radius 2 is 2.14 bits per heavy atom. The monoisotopic (exact) mass is 192 g/mol. The molecule has 0 atom stereocenters. The standard InChI is InChI=1S/C9H8N2O3/c12-8-5-4-6-2-1-3-7(11(13)14)9(6)10-8/h1-3H,4-5H2,(H,10,12). The molecule has 0 radical (unpaired) electrons. The number of anilines is 1.